The van der Waals surface area contributed by atoms with E-state index < -0.39 is 12.1 Å². The second-order valence-electron chi connectivity index (χ2n) is 12.5. The number of aliphatic hydroxyl groups excluding tert-OH is 3. The molecular formula is C27H45NO6. The fourth-order valence-corrected chi connectivity index (χ4v) is 9.08. The van der Waals surface area contributed by atoms with E-state index in [0.717, 1.165) is 51.4 Å². The van der Waals surface area contributed by atoms with E-state index >= 15 is 0 Å². The van der Waals surface area contributed by atoms with E-state index in [1.807, 2.05) is 0 Å². The number of aliphatic hydroxyl groups is 3. The van der Waals surface area contributed by atoms with Crippen molar-refractivity contribution in [1.29, 1.82) is 0 Å². The average molecular weight is 480 g/mol. The van der Waals surface area contributed by atoms with E-state index in [9.17, 15) is 24.9 Å². The first kappa shape index (κ1) is 25.9. The van der Waals surface area contributed by atoms with Gasteiger partial charge < -0.3 is 25.7 Å². The maximum absolute atomic E-state index is 11.9. The first-order chi connectivity index (χ1) is 16.0. The Morgan fingerprint density at radius 3 is 2.44 bits per heavy atom. The molecular weight excluding hydrogens is 434 g/mol. The zero-order valence-corrected chi connectivity index (χ0v) is 21.1. The molecule has 7 heteroatoms. The zero-order valence-electron chi connectivity index (χ0n) is 21.1. The normalized spacial score (nSPS) is 46.6. The Balaban J connectivity index is 1.44. The van der Waals surface area contributed by atoms with Crippen molar-refractivity contribution in [1.82, 2.24) is 5.32 Å². The van der Waals surface area contributed by atoms with Gasteiger partial charge in [0.2, 0.25) is 5.91 Å². The molecule has 4 saturated carbocycles. The molecule has 0 saturated heterocycles. The summed E-state index contributed by atoms with van der Waals surface area (Å²) in [5.74, 6) is 0.569. The Labute approximate surface area is 203 Å². The van der Waals surface area contributed by atoms with Crippen LogP contribution in [0.4, 0.5) is 0 Å². The van der Waals surface area contributed by atoms with Gasteiger partial charge in [-0.25, -0.2) is 0 Å². The number of carbonyl (C=O) groups excluding carboxylic acids is 1. The minimum Gasteiger partial charge on any atom is -0.481 e. The molecule has 0 unspecified atom stereocenters. The summed E-state index contributed by atoms with van der Waals surface area (Å²) in [5, 5.41) is 44.8. The number of carboxylic acid groups (broad SMARTS) is 1. The second kappa shape index (κ2) is 9.70. The van der Waals surface area contributed by atoms with Gasteiger partial charge in [0.25, 0.3) is 0 Å². The van der Waals surface area contributed by atoms with Gasteiger partial charge >= 0.3 is 5.97 Å². The molecule has 0 aromatic heterocycles. The van der Waals surface area contributed by atoms with Crippen LogP contribution in [0.3, 0.4) is 0 Å². The minimum atomic E-state index is -0.965. The number of carboxylic acids is 1. The average Bonchev–Trinajstić information content (AvgIpc) is 3.13. The van der Waals surface area contributed by atoms with Gasteiger partial charge in [-0.1, -0.05) is 20.8 Å². The lowest BCUT2D eigenvalue weighted by molar-refractivity contribution is -0.207. The summed E-state index contributed by atoms with van der Waals surface area (Å²) in [7, 11) is 0. The molecule has 0 radical (unpaired) electrons. The summed E-state index contributed by atoms with van der Waals surface area (Å²) in [6.07, 6.45) is 5.72. The summed E-state index contributed by atoms with van der Waals surface area (Å²) in [5.41, 5.74) is -0.165. The van der Waals surface area contributed by atoms with Crippen LogP contribution in [0.2, 0.25) is 0 Å². The maximum Gasteiger partial charge on any atom is 0.303 e. The standard InChI is InChI=1S/C27H45NO6/c1-15(9-11-28-23(32)6-7-24(33)34)18-4-5-19-25-20(14-22(31)27(18,19)3)26(2)10-8-17(29)12-16(26)13-21(25)30/h15-22,25,29-31H,4-14H2,1-3H3,(H,28,32)(H,33,34)/t15-,16+,17-,18-,19+,20+,21-,22+,25+,26+,27-/m1/s1. The van der Waals surface area contributed by atoms with Gasteiger partial charge in [-0.15, -0.1) is 0 Å². The summed E-state index contributed by atoms with van der Waals surface area (Å²) < 4.78 is 0. The van der Waals surface area contributed by atoms with E-state index in [-0.39, 0.29) is 47.7 Å². The zero-order chi connectivity index (χ0) is 24.8. The number of carbonyl (C=O) groups is 2. The Kier molecular flexibility index (Phi) is 7.39. The van der Waals surface area contributed by atoms with Gasteiger partial charge in [-0.05, 0) is 97.7 Å². The molecule has 4 rings (SSSR count). The van der Waals surface area contributed by atoms with Crippen molar-refractivity contribution >= 4 is 11.9 Å². The molecule has 0 aromatic rings. The molecule has 4 fully saturated rings. The number of amides is 1. The third-order valence-electron chi connectivity index (χ3n) is 11.0. The largest absolute Gasteiger partial charge is 0.481 e. The topological polar surface area (TPSA) is 127 Å². The van der Waals surface area contributed by atoms with Crippen molar-refractivity contribution in [2.24, 2.45) is 46.3 Å². The quantitative estimate of drug-likeness (QED) is 0.382. The van der Waals surface area contributed by atoms with E-state index in [0.29, 0.717) is 36.1 Å². The second-order valence-corrected chi connectivity index (χ2v) is 12.5. The Hall–Kier alpha value is -1.18. The summed E-state index contributed by atoms with van der Waals surface area (Å²) in [6, 6.07) is 0. The minimum absolute atomic E-state index is 0.00337. The molecule has 0 aromatic carbocycles. The van der Waals surface area contributed by atoms with E-state index in [1.165, 1.54) is 0 Å². The van der Waals surface area contributed by atoms with Crippen molar-refractivity contribution < 1.29 is 30.0 Å². The van der Waals surface area contributed by atoms with Gasteiger partial charge in [0.05, 0.1) is 24.7 Å². The van der Waals surface area contributed by atoms with E-state index in [4.69, 9.17) is 5.11 Å². The maximum atomic E-state index is 11.9. The molecule has 1 amide bonds. The van der Waals surface area contributed by atoms with Gasteiger partial charge in [-0.3, -0.25) is 9.59 Å². The van der Waals surface area contributed by atoms with Crippen LogP contribution in [0.1, 0.15) is 85.0 Å². The SMILES string of the molecule is C[C@H](CCNC(=O)CCC(=O)O)[C@H]1CC[C@H]2[C@@H]3[C@H](O)C[C@@H]4C[C@H](O)CC[C@]4(C)[C@H]3C[C@H](O)[C@]12C. The van der Waals surface area contributed by atoms with Crippen LogP contribution in [0.5, 0.6) is 0 Å². The van der Waals surface area contributed by atoms with E-state index in [1.54, 1.807) is 0 Å². The van der Waals surface area contributed by atoms with Crippen LogP contribution in [-0.4, -0.2) is 57.2 Å². The van der Waals surface area contributed by atoms with Crippen molar-refractivity contribution in [3.63, 3.8) is 0 Å². The first-order valence-corrected chi connectivity index (χ1v) is 13.5. The van der Waals surface area contributed by atoms with Crippen LogP contribution in [0, 0.1) is 46.3 Å². The molecule has 0 spiro atoms. The fourth-order valence-electron chi connectivity index (χ4n) is 9.08. The van der Waals surface area contributed by atoms with Gasteiger partial charge in [0, 0.05) is 13.0 Å². The predicted octanol–water partition coefficient (Wildman–Crippen LogP) is 2.96. The molecule has 0 heterocycles. The Bertz CT molecular complexity index is 774. The van der Waals surface area contributed by atoms with Crippen molar-refractivity contribution in [3.05, 3.63) is 0 Å². The number of fused-ring (bicyclic) bond motifs is 5. The van der Waals surface area contributed by atoms with Gasteiger partial charge in [0.1, 0.15) is 0 Å². The van der Waals surface area contributed by atoms with Crippen molar-refractivity contribution in [2.75, 3.05) is 6.54 Å². The van der Waals surface area contributed by atoms with Gasteiger partial charge in [0.15, 0.2) is 0 Å². The fraction of sp³-hybridized carbons (Fsp3) is 0.926. The lowest BCUT2D eigenvalue weighted by atomic mass is 9.43. The monoisotopic (exact) mass is 479 g/mol. The molecule has 4 aliphatic rings. The smallest absolute Gasteiger partial charge is 0.303 e. The molecule has 4 aliphatic carbocycles. The molecule has 11 atom stereocenters. The predicted molar refractivity (Wildman–Crippen MR) is 128 cm³/mol. The van der Waals surface area contributed by atoms with E-state index in [2.05, 4.69) is 26.1 Å². The first-order valence-electron chi connectivity index (χ1n) is 13.5. The third kappa shape index (κ3) is 4.41. The summed E-state index contributed by atoms with van der Waals surface area (Å²) >= 11 is 0. The summed E-state index contributed by atoms with van der Waals surface area (Å²) in [6.45, 7) is 7.32. The highest BCUT2D eigenvalue weighted by Crippen LogP contribution is 2.68. The van der Waals surface area contributed by atoms with Crippen LogP contribution in [0.25, 0.3) is 0 Å². The van der Waals surface area contributed by atoms with Crippen molar-refractivity contribution in [3.8, 4) is 0 Å². The van der Waals surface area contributed by atoms with Crippen LogP contribution >= 0.6 is 0 Å². The number of nitrogens with one attached hydrogen (secondary N) is 1. The van der Waals surface area contributed by atoms with Crippen LogP contribution < -0.4 is 5.32 Å². The molecule has 0 bridgehead atoms. The Morgan fingerprint density at radius 1 is 1.00 bits per heavy atom. The lowest BCUT2D eigenvalue weighted by Crippen LogP contribution is -2.62. The van der Waals surface area contributed by atoms with Crippen molar-refractivity contribution in [2.45, 2.75) is 103 Å². The third-order valence-corrected chi connectivity index (χ3v) is 11.0. The van der Waals surface area contributed by atoms with Gasteiger partial charge in [-0.2, -0.15) is 0 Å². The molecule has 194 valence electrons. The molecule has 0 aliphatic heterocycles. The molecule has 7 nitrogen and oxygen atoms in total. The lowest BCUT2D eigenvalue weighted by Gasteiger charge is -2.63. The highest BCUT2D eigenvalue weighted by Gasteiger charge is 2.65. The number of hydrogen-bond acceptors (Lipinski definition) is 5. The highest BCUT2D eigenvalue weighted by molar-refractivity contribution is 5.80. The number of hydrogen-bond donors (Lipinski definition) is 5. The van der Waals surface area contributed by atoms with Crippen LogP contribution in [0.15, 0.2) is 0 Å². The number of rotatable bonds is 7. The summed E-state index contributed by atoms with van der Waals surface area (Å²) in [4.78, 5) is 22.6. The molecule has 5 N–H and O–H groups in total. The van der Waals surface area contributed by atoms with Crippen LogP contribution in [-0.2, 0) is 9.59 Å². The number of aliphatic carboxylic acids is 1. The Morgan fingerprint density at radius 2 is 1.74 bits per heavy atom. The highest BCUT2D eigenvalue weighted by atomic mass is 16.4. The molecule has 34 heavy (non-hydrogen) atoms.